The molecule has 0 aliphatic heterocycles. The van der Waals surface area contributed by atoms with Gasteiger partial charge in [0.25, 0.3) is 0 Å². The molecule has 0 radical (unpaired) electrons. The smallest absolute Gasteiger partial charge is 0.326 e. The van der Waals surface area contributed by atoms with Crippen molar-refractivity contribution in [3.05, 3.63) is 0 Å². The first kappa shape index (κ1) is 7.05. The van der Waals surface area contributed by atoms with Crippen LogP contribution in [0.5, 0.6) is 0 Å². The molecule has 1 atom stereocenters. The molecule has 0 heterocycles. The van der Waals surface area contributed by atoms with E-state index in [9.17, 15) is 9.59 Å². The molecule has 1 rings (SSSR count). The topological polar surface area (TPSA) is 66.4 Å². The third kappa shape index (κ3) is 1.46. The maximum Gasteiger partial charge on any atom is 0.326 e. The van der Waals surface area contributed by atoms with E-state index in [1.807, 2.05) is 0 Å². The Labute approximate surface area is 58.2 Å². The summed E-state index contributed by atoms with van der Waals surface area (Å²) in [6.45, 7) is 0. The molecule has 56 valence electrons. The Balaban J connectivity index is 2.41. The van der Waals surface area contributed by atoms with Crippen molar-refractivity contribution >= 4 is 12.4 Å². The van der Waals surface area contributed by atoms with Crippen molar-refractivity contribution in [2.75, 3.05) is 0 Å². The fraction of sp³-hybridized carbons (Fsp3) is 0.667. The zero-order valence-corrected chi connectivity index (χ0v) is 5.41. The number of carbonyl (C=O) groups excluding carboxylic acids is 1. The number of carboxylic acid groups (broad SMARTS) is 1. The van der Waals surface area contributed by atoms with E-state index < -0.39 is 12.0 Å². The molecule has 4 heteroatoms. The standard InChI is InChI=1S/C6H9NO3/c8-3-7-5(6(9)10)4-1-2-4/h3-5H,1-2H2,(H,7,8)(H,9,10)/t5-/m0/s1. The van der Waals surface area contributed by atoms with Crippen LogP contribution in [0.25, 0.3) is 0 Å². The minimum Gasteiger partial charge on any atom is -0.480 e. The second-order valence-electron chi connectivity index (χ2n) is 2.44. The number of aliphatic carboxylic acids is 1. The average Bonchev–Trinajstić information content (AvgIpc) is 2.63. The van der Waals surface area contributed by atoms with E-state index in [0.717, 1.165) is 12.8 Å². The Morgan fingerprint density at radius 3 is 2.60 bits per heavy atom. The van der Waals surface area contributed by atoms with Gasteiger partial charge in [-0.15, -0.1) is 0 Å². The van der Waals surface area contributed by atoms with Gasteiger partial charge in [0.15, 0.2) is 0 Å². The molecule has 0 bridgehead atoms. The second-order valence-corrected chi connectivity index (χ2v) is 2.44. The largest absolute Gasteiger partial charge is 0.480 e. The van der Waals surface area contributed by atoms with Gasteiger partial charge in [-0.05, 0) is 18.8 Å². The summed E-state index contributed by atoms with van der Waals surface area (Å²) in [7, 11) is 0. The van der Waals surface area contributed by atoms with Crippen molar-refractivity contribution in [3.8, 4) is 0 Å². The maximum absolute atomic E-state index is 10.3. The summed E-state index contributed by atoms with van der Waals surface area (Å²) in [5.41, 5.74) is 0. The lowest BCUT2D eigenvalue weighted by molar-refractivity contribution is -0.141. The van der Waals surface area contributed by atoms with Crippen molar-refractivity contribution in [2.45, 2.75) is 18.9 Å². The van der Waals surface area contributed by atoms with Crippen LogP contribution in [-0.2, 0) is 9.59 Å². The van der Waals surface area contributed by atoms with E-state index in [2.05, 4.69) is 5.32 Å². The summed E-state index contributed by atoms with van der Waals surface area (Å²) in [4.78, 5) is 20.2. The summed E-state index contributed by atoms with van der Waals surface area (Å²) in [6, 6.07) is -0.655. The molecule has 10 heavy (non-hydrogen) atoms. The second kappa shape index (κ2) is 2.68. The molecule has 0 aromatic heterocycles. The lowest BCUT2D eigenvalue weighted by Crippen LogP contribution is -2.37. The SMILES string of the molecule is O=CN[C@H](C(=O)O)C1CC1. The van der Waals surface area contributed by atoms with Crippen molar-refractivity contribution in [3.63, 3.8) is 0 Å². The van der Waals surface area contributed by atoms with Gasteiger partial charge in [-0.2, -0.15) is 0 Å². The fourth-order valence-corrected chi connectivity index (χ4v) is 0.912. The van der Waals surface area contributed by atoms with Crippen LogP contribution in [0.15, 0.2) is 0 Å². The Hall–Kier alpha value is -1.06. The predicted octanol–water partition coefficient (Wildman–Crippen LogP) is -0.404. The van der Waals surface area contributed by atoms with Crippen molar-refractivity contribution in [2.24, 2.45) is 5.92 Å². The number of hydrogen-bond acceptors (Lipinski definition) is 2. The fourth-order valence-electron chi connectivity index (χ4n) is 0.912. The molecule has 0 saturated heterocycles. The normalized spacial score (nSPS) is 19.6. The number of rotatable bonds is 4. The quantitative estimate of drug-likeness (QED) is 0.526. The molecule has 2 N–H and O–H groups in total. The van der Waals surface area contributed by atoms with Gasteiger partial charge in [-0.25, -0.2) is 4.79 Å². The average molecular weight is 143 g/mol. The van der Waals surface area contributed by atoms with E-state index in [1.165, 1.54) is 0 Å². The van der Waals surface area contributed by atoms with Crippen LogP contribution in [0.4, 0.5) is 0 Å². The van der Waals surface area contributed by atoms with Crippen LogP contribution >= 0.6 is 0 Å². The van der Waals surface area contributed by atoms with Crippen LogP contribution < -0.4 is 5.32 Å². The molecule has 0 spiro atoms. The number of carboxylic acids is 1. The van der Waals surface area contributed by atoms with E-state index in [4.69, 9.17) is 5.11 Å². The lowest BCUT2D eigenvalue weighted by atomic mass is 10.2. The zero-order valence-electron chi connectivity index (χ0n) is 5.41. The number of hydrogen-bond donors (Lipinski definition) is 2. The summed E-state index contributed by atoms with van der Waals surface area (Å²) in [5, 5.41) is 10.8. The highest BCUT2D eigenvalue weighted by Crippen LogP contribution is 2.32. The number of nitrogens with one attached hydrogen (secondary N) is 1. The molecule has 0 unspecified atom stereocenters. The van der Waals surface area contributed by atoms with Crippen molar-refractivity contribution in [1.29, 1.82) is 0 Å². The molecule has 0 aromatic carbocycles. The van der Waals surface area contributed by atoms with Crippen LogP contribution in [0.2, 0.25) is 0 Å². The molecule has 1 fully saturated rings. The van der Waals surface area contributed by atoms with E-state index in [1.54, 1.807) is 0 Å². The molecular formula is C6H9NO3. The van der Waals surface area contributed by atoms with E-state index in [0.29, 0.717) is 6.41 Å². The van der Waals surface area contributed by atoms with Gasteiger partial charge in [-0.1, -0.05) is 0 Å². The minimum atomic E-state index is -0.936. The van der Waals surface area contributed by atoms with Gasteiger partial charge in [0.2, 0.25) is 6.41 Å². The van der Waals surface area contributed by atoms with Crippen molar-refractivity contribution in [1.82, 2.24) is 5.32 Å². The number of carbonyl (C=O) groups is 2. The van der Waals surface area contributed by atoms with Gasteiger partial charge < -0.3 is 10.4 Å². The molecule has 4 nitrogen and oxygen atoms in total. The minimum absolute atomic E-state index is 0.169. The Bertz CT molecular complexity index is 153. The van der Waals surface area contributed by atoms with Gasteiger partial charge in [0.05, 0.1) is 0 Å². The van der Waals surface area contributed by atoms with Crippen LogP contribution in [0.3, 0.4) is 0 Å². The summed E-state index contributed by atoms with van der Waals surface area (Å²) >= 11 is 0. The Morgan fingerprint density at radius 2 is 2.30 bits per heavy atom. The van der Waals surface area contributed by atoms with E-state index >= 15 is 0 Å². The van der Waals surface area contributed by atoms with Crippen LogP contribution in [0, 0.1) is 5.92 Å². The molecule has 1 aliphatic rings. The third-order valence-electron chi connectivity index (χ3n) is 1.61. The predicted molar refractivity (Wildman–Crippen MR) is 33.3 cm³/mol. The van der Waals surface area contributed by atoms with Gasteiger partial charge >= 0.3 is 5.97 Å². The first-order chi connectivity index (χ1) is 4.75. The monoisotopic (exact) mass is 143 g/mol. The lowest BCUT2D eigenvalue weighted by Gasteiger charge is -2.07. The van der Waals surface area contributed by atoms with Gasteiger partial charge in [0, 0.05) is 0 Å². The molecule has 1 saturated carbocycles. The Morgan fingerprint density at radius 1 is 1.70 bits per heavy atom. The highest BCUT2D eigenvalue weighted by Gasteiger charge is 2.35. The molecular weight excluding hydrogens is 134 g/mol. The first-order valence-electron chi connectivity index (χ1n) is 3.18. The van der Waals surface area contributed by atoms with Crippen LogP contribution in [0.1, 0.15) is 12.8 Å². The first-order valence-corrected chi connectivity index (χ1v) is 3.18. The molecule has 0 aromatic rings. The van der Waals surface area contributed by atoms with Crippen molar-refractivity contribution < 1.29 is 14.7 Å². The summed E-state index contributed by atoms with van der Waals surface area (Å²) in [5.74, 6) is -0.766. The zero-order chi connectivity index (χ0) is 7.56. The highest BCUT2D eigenvalue weighted by atomic mass is 16.4. The number of amides is 1. The molecule has 1 amide bonds. The Kier molecular flexibility index (Phi) is 1.89. The third-order valence-corrected chi connectivity index (χ3v) is 1.61. The van der Waals surface area contributed by atoms with E-state index in [-0.39, 0.29) is 5.92 Å². The summed E-state index contributed by atoms with van der Waals surface area (Å²) < 4.78 is 0. The highest BCUT2D eigenvalue weighted by molar-refractivity contribution is 5.77. The maximum atomic E-state index is 10.3. The van der Waals surface area contributed by atoms with Crippen LogP contribution in [-0.4, -0.2) is 23.5 Å². The molecule has 1 aliphatic carbocycles. The van der Waals surface area contributed by atoms with Gasteiger partial charge in [-0.3, -0.25) is 4.79 Å². The van der Waals surface area contributed by atoms with Gasteiger partial charge in [0.1, 0.15) is 6.04 Å². The summed E-state index contributed by atoms with van der Waals surface area (Å²) in [6.07, 6.45) is 2.27.